The van der Waals surface area contributed by atoms with Crippen molar-refractivity contribution in [3.05, 3.63) is 24.0 Å². The van der Waals surface area contributed by atoms with Crippen molar-refractivity contribution in [3.63, 3.8) is 0 Å². The third kappa shape index (κ3) is 1.32. The summed E-state index contributed by atoms with van der Waals surface area (Å²) in [7, 11) is 0. The molecule has 0 saturated heterocycles. The summed E-state index contributed by atoms with van der Waals surface area (Å²) >= 11 is 0. The van der Waals surface area contributed by atoms with Crippen molar-refractivity contribution < 1.29 is 0 Å². The predicted octanol–water partition coefficient (Wildman–Crippen LogP) is 0.864. The molecule has 0 saturated carbocycles. The first-order chi connectivity index (χ1) is 4.30. The van der Waals surface area contributed by atoms with Gasteiger partial charge in [-0.2, -0.15) is 10.2 Å². The first kappa shape index (κ1) is 5.88. The molecule has 3 heteroatoms. The highest BCUT2D eigenvalue weighted by Gasteiger charge is 1.90. The maximum Gasteiger partial charge on any atom is 0.0586 e. The minimum atomic E-state index is 0.518. The van der Waals surface area contributed by atoms with E-state index in [-0.39, 0.29) is 0 Å². The fourth-order valence-corrected chi connectivity index (χ4v) is 0.513. The zero-order chi connectivity index (χ0) is 6.69. The number of hydrogen-bond acceptors (Lipinski definition) is 3. The zero-order valence-electron chi connectivity index (χ0n) is 5.13. The molecule has 0 bridgehead atoms. The van der Waals surface area contributed by atoms with Crippen LogP contribution in [0.2, 0.25) is 0 Å². The van der Waals surface area contributed by atoms with Gasteiger partial charge in [-0.1, -0.05) is 0 Å². The molecule has 0 aromatic carbocycles. The van der Waals surface area contributed by atoms with E-state index < -0.39 is 0 Å². The smallest absolute Gasteiger partial charge is 0.0586 e. The summed E-state index contributed by atoms with van der Waals surface area (Å²) in [4.78, 5) is 0. The van der Waals surface area contributed by atoms with Crippen molar-refractivity contribution >= 4 is 5.71 Å². The molecule has 1 N–H and O–H groups in total. The van der Waals surface area contributed by atoms with Crippen molar-refractivity contribution in [1.82, 2.24) is 10.2 Å². The topological polar surface area (TPSA) is 49.6 Å². The Kier molecular flexibility index (Phi) is 1.53. The van der Waals surface area contributed by atoms with Crippen LogP contribution in [0.4, 0.5) is 0 Å². The molecular formula is C6H7N3. The molecule has 0 atom stereocenters. The highest BCUT2D eigenvalue weighted by molar-refractivity contribution is 5.95. The third-order valence-electron chi connectivity index (χ3n) is 1.02. The van der Waals surface area contributed by atoms with Gasteiger partial charge in [-0.05, 0) is 13.0 Å². The van der Waals surface area contributed by atoms with E-state index in [0.717, 1.165) is 5.56 Å². The monoisotopic (exact) mass is 121 g/mol. The SMILES string of the molecule is CC(=N)c1ccnnc1. The summed E-state index contributed by atoms with van der Waals surface area (Å²) in [5.41, 5.74) is 1.34. The Balaban J connectivity index is 2.98. The molecule has 3 nitrogen and oxygen atoms in total. The summed E-state index contributed by atoms with van der Waals surface area (Å²) in [6.45, 7) is 1.72. The normalized spacial score (nSPS) is 9.00. The van der Waals surface area contributed by atoms with Gasteiger partial charge < -0.3 is 5.41 Å². The van der Waals surface area contributed by atoms with Gasteiger partial charge in [0.05, 0.1) is 12.4 Å². The highest BCUT2D eigenvalue weighted by Crippen LogP contribution is 1.92. The van der Waals surface area contributed by atoms with Crippen molar-refractivity contribution in [2.75, 3.05) is 0 Å². The van der Waals surface area contributed by atoms with Crippen molar-refractivity contribution in [2.45, 2.75) is 6.92 Å². The van der Waals surface area contributed by atoms with Crippen molar-refractivity contribution in [1.29, 1.82) is 5.41 Å². The molecule has 1 rings (SSSR count). The molecule has 0 aliphatic rings. The van der Waals surface area contributed by atoms with Gasteiger partial charge in [0.15, 0.2) is 0 Å². The minimum absolute atomic E-state index is 0.518. The van der Waals surface area contributed by atoms with Gasteiger partial charge >= 0.3 is 0 Å². The molecule has 0 unspecified atom stereocenters. The molecule has 1 heterocycles. The summed E-state index contributed by atoms with van der Waals surface area (Å²) in [6, 6.07) is 1.76. The van der Waals surface area contributed by atoms with E-state index in [0.29, 0.717) is 5.71 Å². The van der Waals surface area contributed by atoms with E-state index in [1.807, 2.05) is 0 Å². The summed E-state index contributed by atoms with van der Waals surface area (Å²) in [5, 5.41) is 14.4. The second kappa shape index (κ2) is 2.35. The van der Waals surface area contributed by atoms with Gasteiger partial charge in [0.25, 0.3) is 0 Å². The minimum Gasteiger partial charge on any atom is -0.305 e. The first-order valence-corrected chi connectivity index (χ1v) is 2.63. The van der Waals surface area contributed by atoms with E-state index in [1.165, 1.54) is 0 Å². The van der Waals surface area contributed by atoms with Crippen LogP contribution in [-0.4, -0.2) is 15.9 Å². The molecule has 0 amide bonds. The lowest BCUT2D eigenvalue weighted by Crippen LogP contribution is -1.92. The number of aromatic nitrogens is 2. The largest absolute Gasteiger partial charge is 0.305 e. The van der Waals surface area contributed by atoms with Crippen molar-refractivity contribution in [3.8, 4) is 0 Å². The van der Waals surface area contributed by atoms with Gasteiger partial charge in [-0.25, -0.2) is 0 Å². The van der Waals surface area contributed by atoms with E-state index >= 15 is 0 Å². The van der Waals surface area contributed by atoms with Gasteiger partial charge in [0, 0.05) is 11.3 Å². The predicted molar refractivity (Wildman–Crippen MR) is 34.5 cm³/mol. The first-order valence-electron chi connectivity index (χ1n) is 2.63. The molecular weight excluding hydrogens is 114 g/mol. The molecule has 0 fully saturated rings. The Hall–Kier alpha value is -1.25. The van der Waals surface area contributed by atoms with Crippen LogP contribution in [0.1, 0.15) is 12.5 Å². The second-order valence-corrected chi connectivity index (χ2v) is 1.76. The number of nitrogens with zero attached hydrogens (tertiary/aromatic N) is 2. The highest BCUT2D eigenvalue weighted by atomic mass is 15.1. The molecule has 46 valence electrons. The summed E-state index contributed by atoms with van der Waals surface area (Å²) in [6.07, 6.45) is 3.15. The van der Waals surface area contributed by atoms with E-state index in [1.54, 1.807) is 25.4 Å². The number of rotatable bonds is 1. The molecule has 0 aliphatic heterocycles. The molecule has 1 aromatic heterocycles. The fraction of sp³-hybridized carbons (Fsp3) is 0.167. The Morgan fingerprint density at radius 1 is 1.56 bits per heavy atom. The van der Waals surface area contributed by atoms with Gasteiger partial charge in [-0.3, -0.25) is 0 Å². The zero-order valence-corrected chi connectivity index (χ0v) is 5.13. The summed E-state index contributed by atoms with van der Waals surface area (Å²) in [5.74, 6) is 0. The standard InChI is InChI=1S/C6H7N3/c1-5(7)6-2-3-8-9-4-6/h2-4,7H,1H3. The number of nitrogens with one attached hydrogen (secondary N) is 1. The van der Waals surface area contributed by atoms with E-state index in [4.69, 9.17) is 5.41 Å². The maximum absolute atomic E-state index is 7.17. The quantitative estimate of drug-likeness (QED) is 0.560. The van der Waals surface area contributed by atoms with Gasteiger partial charge in [0.1, 0.15) is 0 Å². The molecule has 9 heavy (non-hydrogen) atoms. The fourth-order valence-electron chi connectivity index (χ4n) is 0.513. The average molecular weight is 121 g/mol. The average Bonchev–Trinajstić information content (AvgIpc) is 1.90. The second-order valence-electron chi connectivity index (χ2n) is 1.76. The van der Waals surface area contributed by atoms with E-state index in [2.05, 4.69) is 10.2 Å². The van der Waals surface area contributed by atoms with Crippen LogP contribution in [0, 0.1) is 5.41 Å². The van der Waals surface area contributed by atoms with Crippen LogP contribution in [0.3, 0.4) is 0 Å². The van der Waals surface area contributed by atoms with Gasteiger partial charge in [0.2, 0.25) is 0 Å². The Bertz CT molecular complexity index is 205. The molecule has 1 aromatic rings. The van der Waals surface area contributed by atoms with Crippen LogP contribution in [0.25, 0.3) is 0 Å². The lowest BCUT2D eigenvalue weighted by Gasteiger charge is -1.91. The van der Waals surface area contributed by atoms with Crippen LogP contribution in [0.5, 0.6) is 0 Å². The maximum atomic E-state index is 7.17. The molecule has 0 aliphatic carbocycles. The van der Waals surface area contributed by atoms with Crippen LogP contribution < -0.4 is 0 Å². The molecule has 0 spiro atoms. The van der Waals surface area contributed by atoms with Crippen LogP contribution in [0.15, 0.2) is 18.5 Å². The summed E-state index contributed by atoms with van der Waals surface area (Å²) < 4.78 is 0. The Morgan fingerprint density at radius 3 is 2.67 bits per heavy atom. The van der Waals surface area contributed by atoms with Crippen LogP contribution >= 0.6 is 0 Å². The number of hydrogen-bond donors (Lipinski definition) is 1. The van der Waals surface area contributed by atoms with Crippen LogP contribution in [-0.2, 0) is 0 Å². The van der Waals surface area contributed by atoms with Gasteiger partial charge in [-0.15, -0.1) is 0 Å². The van der Waals surface area contributed by atoms with Crippen molar-refractivity contribution in [2.24, 2.45) is 0 Å². The lowest BCUT2D eigenvalue weighted by atomic mass is 10.2. The Labute approximate surface area is 53.3 Å². The lowest BCUT2D eigenvalue weighted by molar-refractivity contribution is 1.03. The third-order valence-corrected chi connectivity index (χ3v) is 1.02. The molecule has 0 radical (unpaired) electrons. The Morgan fingerprint density at radius 2 is 2.33 bits per heavy atom. The van der Waals surface area contributed by atoms with E-state index in [9.17, 15) is 0 Å².